The number of aromatic nitrogens is 4. The maximum atomic E-state index is 12.2. The molecule has 0 bridgehead atoms. The van der Waals surface area contributed by atoms with Gasteiger partial charge in [0.2, 0.25) is 0 Å². The highest BCUT2D eigenvalue weighted by Gasteiger charge is 2.08. The van der Waals surface area contributed by atoms with E-state index in [0.29, 0.717) is 11.4 Å². The van der Waals surface area contributed by atoms with E-state index in [1.54, 1.807) is 6.20 Å². The van der Waals surface area contributed by atoms with Gasteiger partial charge in [0.25, 0.3) is 5.56 Å². The van der Waals surface area contributed by atoms with E-state index in [0.717, 1.165) is 22.2 Å². The molecule has 0 atom stereocenters. The van der Waals surface area contributed by atoms with Gasteiger partial charge in [0, 0.05) is 16.6 Å². The molecule has 0 saturated carbocycles. The number of fused-ring (bicyclic) bond motifs is 1. The topological polar surface area (TPSA) is 60.7 Å². The normalized spacial score (nSPS) is 11.0. The Kier molecular flexibility index (Phi) is 3.25. The minimum atomic E-state index is -0.0931. The molecule has 0 aliphatic heterocycles. The number of benzene rings is 1. The molecule has 2 aromatic heterocycles. The monoisotopic (exact) mass is 280 g/mol. The predicted molar refractivity (Wildman–Crippen MR) is 81.3 cm³/mol. The first-order valence-electron chi connectivity index (χ1n) is 6.82. The van der Waals surface area contributed by atoms with Crippen LogP contribution in [-0.4, -0.2) is 19.7 Å². The third kappa shape index (κ3) is 2.42. The molecule has 2 heterocycles. The quantitative estimate of drug-likeness (QED) is 0.721. The van der Waals surface area contributed by atoms with Gasteiger partial charge in [-0.15, -0.1) is 0 Å². The van der Waals surface area contributed by atoms with Gasteiger partial charge in [-0.05, 0) is 32.4 Å². The van der Waals surface area contributed by atoms with E-state index >= 15 is 0 Å². The lowest BCUT2D eigenvalue weighted by molar-refractivity contribution is 0.608. The second kappa shape index (κ2) is 5.09. The zero-order valence-corrected chi connectivity index (χ0v) is 12.3. The van der Waals surface area contributed by atoms with Gasteiger partial charge in [0.15, 0.2) is 5.82 Å². The number of hydrogen-bond donors (Lipinski definition) is 0. The van der Waals surface area contributed by atoms with Crippen molar-refractivity contribution in [3.8, 4) is 0 Å². The summed E-state index contributed by atoms with van der Waals surface area (Å²) >= 11 is 0. The van der Waals surface area contributed by atoms with Crippen molar-refractivity contribution in [2.45, 2.75) is 27.3 Å². The Morgan fingerprint density at radius 3 is 2.67 bits per heavy atom. The van der Waals surface area contributed by atoms with Crippen molar-refractivity contribution in [2.75, 3.05) is 0 Å². The van der Waals surface area contributed by atoms with Crippen LogP contribution in [0.4, 0.5) is 0 Å². The molecular weight excluding hydrogens is 264 g/mol. The van der Waals surface area contributed by atoms with Gasteiger partial charge in [-0.2, -0.15) is 5.10 Å². The van der Waals surface area contributed by atoms with Crippen LogP contribution in [0.3, 0.4) is 0 Å². The summed E-state index contributed by atoms with van der Waals surface area (Å²) < 4.78 is 1.41. The third-order valence-corrected chi connectivity index (χ3v) is 3.67. The number of para-hydroxylation sites is 1. The van der Waals surface area contributed by atoms with E-state index in [-0.39, 0.29) is 12.1 Å². The molecule has 0 aliphatic rings. The lowest BCUT2D eigenvalue weighted by Gasteiger charge is -2.08. The maximum Gasteiger partial charge on any atom is 0.270 e. The lowest BCUT2D eigenvalue weighted by Crippen LogP contribution is -2.26. The molecule has 5 heteroatoms. The highest BCUT2D eigenvalue weighted by atomic mass is 16.1. The van der Waals surface area contributed by atoms with Crippen molar-refractivity contribution in [3.63, 3.8) is 0 Å². The van der Waals surface area contributed by atoms with Crippen molar-refractivity contribution in [1.29, 1.82) is 0 Å². The van der Waals surface area contributed by atoms with E-state index in [9.17, 15) is 4.79 Å². The Balaban J connectivity index is 2.07. The molecule has 0 spiro atoms. The van der Waals surface area contributed by atoms with Crippen molar-refractivity contribution >= 4 is 10.9 Å². The minimum absolute atomic E-state index is 0.0931. The summed E-state index contributed by atoms with van der Waals surface area (Å²) in [6.45, 7) is 5.92. The summed E-state index contributed by atoms with van der Waals surface area (Å²) in [5.41, 5.74) is 3.31. The standard InChI is InChI=1S/C16H16N4O/c1-10-8-17-20(16(21)11(10)2)9-15-18-12(3)13-6-4-5-7-14(13)19-15/h4-8H,9H2,1-3H3. The molecule has 3 aromatic rings. The van der Waals surface area contributed by atoms with Crippen LogP contribution in [0.5, 0.6) is 0 Å². The summed E-state index contributed by atoms with van der Waals surface area (Å²) in [4.78, 5) is 21.2. The zero-order valence-electron chi connectivity index (χ0n) is 12.3. The second-order valence-corrected chi connectivity index (χ2v) is 5.16. The fourth-order valence-corrected chi connectivity index (χ4v) is 2.28. The highest BCUT2D eigenvalue weighted by molar-refractivity contribution is 5.80. The fraction of sp³-hybridized carbons (Fsp3) is 0.250. The zero-order chi connectivity index (χ0) is 15.0. The second-order valence-electron chi connectivity index (χ2n) is 5.16. The number of hydrogen-bond acceptors (Lipinski definition) is 4. The Bertz CT molecular complexity index is 883. The molecular formula is C16H16N4O. The molecule has 0 N–H and O–H groups in total. The Morgan fingerprint density at radius 2 is 1.86 bits per heavy atom. The van der Waals surface area contributed by atoms with Crippen LogP contribution in [-0.2, 0) is 6.54 Å². The largest absolute Gasteiger partial charge is 0.270 e. The first-order chi connectivity index (χ1) is 10.1. The van der Waals surface area contributed by atoms with Gasteiger partial charge in [0.1, 0.15) is 6.54 Å². The molecule has 1 aromatic carbocycles. The Hall–Kier alpha value is -2.56. The summed E-state index contributed by atoms with van der Waals surface area (Å²) in [7, 11) is 0. The van der Waals surface area contributed by atoms with Crippen LogP contribution in [0.1, 0.15) is 22.6 Å². The Labute approximate surface area is 122 Å². The SMILES string of the molecule is Cc1cnn(Cc2nc(C)c3ccccc3n2)c(=O)c1C. The molecule has 0 saturated heterocycles. The minimum Gasteiger partial charge on any atom is -0.267 e. The molecule has 3 rings (SSSR count). The summed E-state index contributed by atoms with van der Waals surface area (Å²) in [5, 5.41) is 5.20. The van der Waals surface area contributed by atoms with Gasteiger partial charge < -0.3 is 0 Å². The molecule has 0 fully saturated rings. The average molecular weight is 280 g/mol. The van der Waals surface area contributed by atoms with E-state index in [4.69, 9.17) is 0 Å². The number of aryl methyl sites for hydroxylation is 2. The summed E-state index contributed by atoms with van der Waals surface area (Å²) in [5.74, 6) is 0.601. The van der Waals surface area contributed by atoms with Crippen LogP contribution in [0.15, 0.2) is 35.3 Å². The van der Waals surface area contributed by atoms with Crippen molar-refractivity contribution in [1.82, 2.24) is 19.7 Å². The van der Waals surface area contributed by atoms with E-state index in [1.807, 2.05) is 45.0 Å². The summed E-state index contributed by atoms with van der Waals surface area (Å²) in [6.07, 6.45) is 1.70. The third-order valence-electron chi connectivity index (χ3n) is 3.67. The Morgan fingerprint density at radius 1 is 1.10 bits per heavy atom. The van der Waals surface area contributed by atoms with Gasteiger partial charge in [-0.3, -0.25) is 4.79 Å². The molecule has 106 valence electrons. The molecule has 0 radical (unpaired) electrons. The van der Waals surface area contributed by atoms with Crippen LogP contribution in [0.25, 0.3) is 10.9 Å². The van der Waals surface area contributed by atoms with Gasteiger partial charge in [-0.1, -0.05) is 18.2 Å². The lowest BCUT2D eigenvalue weighted by atomic mass is 10.2. The molecule has 0 unspecified atom stereocenters. The highest BCUT2D eigenvalue weighted by Crippen LogP contribution is 2.14. The molecule has 21 heavy (non-hydrogen) atoms. The van der Waals surface area contributed by atoms with Crippen LogP contribution in [0.2, 0.25) is 0 Å². The maximum absolute atomic E-state index is 12.2. The molecule has 0 amide bonds. The van der Waals surface area contributed by atoms with E-state index in [2.05, 4.69) is 15.1 Å². The van der Waals surface area contributed by atoms with Crippen LogP contribution in [0, 0.1) is 20.8 Å². The van der Waals surface area contributed by atoms with Gasteiger partial charge in [0.05, 0.1) is 11.7 Å². The smallest absolute Gasteiger partial charge is 0.267 e. The van der Waals surface area contributed by atoms with Crippen LogP contribution >= 0.6 is 0 Å². The number of nitrogens with zero attached hydrogens (tertiary/aromatic N) is 4. The van der Waals surface area contributed by atoms with E-state index < -0.39 is 0 Å². The number of rotatable bonds is 2. The predicted octanol–water partition coefficient (Wildman–Crippen LogP) is 2.16. The molecule has 5 nitrogen and oxygen atoms in total. The van der Waals surface area contributed by atoms with Crippen molar-refractivity contribution in [2.24, 2.45) is 0 Å². The van der Waals surface area contributed by atoms with Gasteiger partial charge >= 0.3 is 0 Å². The summed E-state index contributed by atoms with van der Waals surface area (Å²) in [6, 6.07) is 7.85. The van der Waals surface area contributed by atoms with Crippen LogP contribution < -0.4 is 5.56 Å². The average Bonchev–Trinajstić information content (AvgIpc) is 2.48. The van der Waals surface area contributed by atoms with Gasteiger partial charge in [-0.25, -0.2) is 14.6 Å². The van der Waals surface area contributed by atoms with Crippen molar-refractivity contribution in [3.05, 3.63) is 63.5 Å². The first-order valence-corrected chi connectivity index (χ1v) is 6.82. The fourth-order valence-electron chi connectivity index (χ4n) is 2.28. The molecule has 0 aliphatic carbocycles. The first kappa shape index (κ1) is 13.4. The van der Waals surface area contributed by atoms with Crippen molar-refractivity contribution < 1.29 is 0 Å². The van der Waals surface area contributed by atoms with E-state index in [1.165, 1.54) is 4.68 Å².